The summed E-state index contributed by atoms with van der Waals surface area (Å²) in [7, 11) is 0. The van der Waals surface area contributed by atoms with Crippen molar-refractivity contribution in [1.82, 2.24) is 25.4 Å². The van der Waals surface area contributed by atoms with Crippen LogP contribution in [0, 0.1) is 5.82 Å². The molecule has 144 valence electrons. The number of allylic oxidation sites excluding steroid dienone is 1. The molecule has 0 aliphatic carbocycles. The van der Waals surface area contributed by atoms with Crippen molar-refractivity contribution in [3.8, 4) is 5.75 Å². The number of nitrogens with one attached hydrogen (secondary N) is 2. The van der Waals surface area contributed by atoms with Crippen LogP contribution in [0.1, 0.15) is 12.7 Å². The van der Waals surface area contributed by atoms with Gasteiger partial charge in [0.1, 0.15) is 18.2 Å². The van der Waals surface area contributed by atoms with Gasteiger partial charge in [-0.25, -0.2) is 9.18 Å². The number of aromatic nitrogens is 3. The first kappa shape index (κ1) is 20.4. The van der Waals surface area contributed by atoms with Gasteiger partial charge in [0.15, 0.2) is 11.0 Å². The Morgan fingerprint density at radius 1 is 1.33 bits per heavy atom. The lowest BCUT2D eigenvalue weighted by Crippen LogP contribution is -2.40. The first-order valence-corrected chi connectivity index (χ1v) is 9.13. The summed E-state index contributed by atoms with van der Waals surface area (Å²) < 4.78 is 20.3. The minimum absolute atomic E-state index is 0.00519. The van der Waals surface area contributed by atoms with E-state index < -0.39 is 11.9 Å². The molecule has 0 saturated heterocycles. The van der Waals surface area contributed by atoms with Crippen LogP contribution < -0.4 is 15.4 Å². The van der Waals surface area contributed by atoms with E-state index in [9.17, 15) is 14.0 Å². The molecular weight excluding hydrogens is 373 g/mol. The molecule has 27 heavy (non-hydrogen) atoms. The smallest absolute Gasteiger partial charge is 0.321 e. The number of urea groups is 1. The number of ether oxygens (including phenoxy) is 1. The zero-order chi connectivity index (χ0) is 19.6. The van der Waals surface area contributed by atoms with Gasteiger partial charge in [-0.3, -0.25) is 14.7 Å². The molecule has 0 unspecified atom stereocenters. The second kappa shape index (κ2) is 10.3. The third kappa shape index (κ3) is 6.41. The molecule has 3 amide bonds. The van der Waals surface area contributed by atoms with E-state index in [0.717, 1.165) is 11.8 Å². The molecule has 0 fully saturated rings. The average molecular weight is 393 g/mol. The topological polar surface area (TPSA) is 98.1 Å². The Labute approximate surface area is 160 Å². The van der Waals surface area contributed by atoms with Crippen molar-refractivity contribution < 1.29 is 18.7 Å². The monoisotopic (exact) mass is 393 g/mol. The maximum absolute atomic E-state index is 12.9. The number of nitrogens with zero attached hydrogens (tertiary/aromatic N) is 3. The van der Waals surface area contributed by atoms with Gasteiger partial charge in [-0.15, -0.1) is 16.8 Å². The van der Waals surface area contributed by atoms with Crippen molar-refractivity contribution >= 4 is 23.7 Å². The van der Waals surface area contributed by atoms with Gasteiger partial charge in [-0.1, -0.05) is 17.8 Å². The molecule has 0 aliphatic heterocycles. The van der Waals surface area contributed by atoms with Gasteiger partial charge in [0.05, 0.1) is 5.75 Å². The van der Waals surface area contributed by atoms with E-state index in [1.165, 1.54) is 24.3 Å². The summed E-state index contributed by atoms with van der Waals surface area (Å²) in [4.78, 5) is 23.1. The summed E-state index contributed by atoms with van der Waals surface area (Å²) in [6.07, 6.45) is 1.67. The summed E-state index contributed by atoms with van der Waals surface area (Å²) in [6, 6.07) is 5.11. The summed E-state index contributed by atoms with van der Waals surface area (Å²) in [5.74, 6) is 0.251. The molecule has 0 bridgehead atoms. The van der Waals surface area contributed by atoms with E-state index in [1.807, 2.05) is 0 Å². The van der Waals surface area contributed by atoms with Crippen molar-refractivity contribution in [2.75, 3.05) is 12.3 Å². The molecular formula is C17H20FN5O3S. The van der Waals surface area contributed by atoms with Crippen molar-refractivity contribution in [3.63, 3.8) is 0 Å². The van der Waals surface area contributed by atoms with Gasteiger partial charge in [0.25, 0.3) is 0 Å². The van der Waals surface area contributed by atoms with Gasteiger partial charge in [0, 0.05) is 13.1 Å². The molecule has 2 aromatic rings. The van der Waals surface area contributed by atoms with E-state index >= 15 is 0 Å². The Kier molecular flexibility index (Phi) is 7.80. The van der Waals surface area contributed by atoms with Crippen LogP contribution >= 0.6 is 11.8 Å². The summed E-state index contributed by atoms with van der Waals surface area (Å²) >= 11 is 1.14. The van der Waals surface area contributed by atoms with Crippen LogP contribution in [-0.4, -0.2) is 39.0 Å². The molecule has 0 radical (unpaired) electrons. The third-order valence-electron chi connectivity index (χ3n) is 3.21. The molecule has 0 saturated carbocycles. The van der Waals surface area contributed by atoms with Crippen molar-refractivity contribution in [1.29, 1.82) is 0 Å². The number of halogens is 1. The summed E-state index contributed by atoms with van der Waals surface area (Å²) in [5.41, 5.74) is 0. The number of hydrogen-bond donors (Lipinski definition) is 2. The molecule has 0 atom stereocenters. The van der Waals surface area contributed by atoms with Gasteiger partial charge in [0.2, 0.25) is 5.91 Å². The van der Waals surface area contributed by atoms with Gasteiger partial charge < -0.3 is 10.1 Å². The number of carbonyl (C=O) groups excluding carboxylic acids is 2. The molecule has 1 heterocycles. The number of amides is 3. The number of carbonyl (C=O) groups is 2. The van der Waals surface area contributed by atoms with E-state index in [-0.39, 0.29) is 18.2 Å². The minimum atomic E-state index is -0.538. The molecule has 2 rings (SSSR count). The molecule has 1 aromatic heterocycles. The third-order valence-corrected chi connectivity index (χ3v) is 4.18. The van der Waals surface area contributed by atoms with Crippen molar-refractivity contribution in [2.45, 2.75) is 25.2 Å². The normalized spacial score (nSPS) is 10.3. The highest BCUT2D eigenvalue weighted by atomic mass is 32.2. The highest BCUT2D eigenvalue weighted by Gasteiger charge is 2.15. The predicted molar refractivity (Wildman–Crippen MR) is 98.9 cm³/mol. The Morgan fingerprint density at radius 2 is 2.07 bits per heavy atom. The van der Waals surface area contributed by atoms with Crippen LogP contribution in [-0.2, 0) is 17.9 Å². The number of benzene rings is 1. The lowest BCUT2D eigenvalue weighted by molar-refractivity contribution is -0.117. The van der Waals surface area contributed by atoms with Crippen LogP contribution in [0.3, 0.4) is 0 Å². The first-order chi connectivity index (χ1) is 13.0. The van der Waals surface area contributed by atoms with E-state index in [2.05, 4.69) is 27.4 Å². The van der Waals surface area contributed by atoms with Crippen LogP contribution in [0.25, 0.3) is 0 Å². The maximum atomic E-state index is 12.9. The Balaban J connectivity index is 1.96. The van der Waals surface area contributed by atoms with Crippen LogP contribution in [0.2, 0.25) is 0 Å². The van der Waals surface area contributed by atoms with E-state index in [0.29, 0.717) is 29.8 Å². The molecule has 1 aromatic carbocycles. The molecule has 8 nitrogen and oxygen atoms in total. The fourth-order valence-electron chi connectivity index (χ4n) is 2.02. The molecule has 10 heteroatoms. The highest BCUT2D eigenvalue weighted by Crippen LogP contribution is 2.19. The maximum Gasteiger partial charge on any atom is 0.321 e. The Hall–Kier alpha value is -2.88. The van der Waals surface area contributed by atoms with Crippen LogP contribution in [0.15, 0.2) is 42.1 Å². The van der Waals surface area contributed by atoms with Crippen LogP contribution in [0.5, 0.6) is 5.75 Å². The first-order valence-electron chi connectivity index (χ1n) is 8.15. The molecule has 2 N–H and O–H groups in total. The lowest BCUT2D eigenvalue weighted by Gasteiger charge is -2.09. The summed E-state index contributed by atoms with van der Waals surface area (Å²) in [5, 5.41) is 13.3. The van der Waals surface area contributed by atoms with Crippen molar-refractivity contribution in [2.24, 2.45) is 0 Å². The van der Waals surface area contributed by atoms with E-state index in [1.54, 1.807) is 17.6 Å². The standard InChI is InChI=1S/C17H20FN5O3S/c1-3-9-23-14(10-26-13-7-5-12(18)6-8-13)21-22-17(23)27-11-15(24)20-16(25)19-4-2/h3,5-8H,1,4,9-11H2,2H3,(H2,19,20,24,25). The number of thioether (sulfide) groups is 1. The van der Waals surface area contributed by atoms with Gasteiger partial charge in [-0.05, 0) is 31.2 Å². The minimum Gasteiger partial charge on any atom is -0.486 e. The SMILES string of the molecule is C=CCn1c(COc2ccc(F)cc2)nnc1SCC(=O)NC(=O)NCC. The Bertz CT molecular complexity index is 794. The van der Waals surface area contributed by atoms with Crippen molar-refractivity contribution in [3.05, 3.63) is 48.6 Å². The summed E-state index contributed by atoms with van der Waals surface area (Å²) in [6.45, 7) is 6.43. The number of hydrogen-bond acceptors (Lipinski definition) is 6. The number of imide groups is 1. The van der Waals surface area contributed by atoms with Crippen LogP contribution in [0.4, 0.5) is 9.18 Å². The van der Waals surface area contributed by atoms with Gasteiger partial charge >= 0.3 is 6.03 Å². The predicted octanol–water partition coefficient (Wildman–Crippen LogP) is 2.12. The van der Waals surface area contributed by atoms with Gasteiger partial charge in [-0.2, -0.15) is 0 Å². The fourth-order valence-corrected chi connectivity index (χ4v) is 2.79. The second-order valence-corrected chi connectivity index (χ2v) is 6.18. The van der Waals surface area contributed by atoms with E-state index in [4.69, 9.17) is 4.74 Å². The Morgan fingerprint density at radius 3 is 2.74 bits per heavy atom. The molecule has 0 aliphatic rings. The average Bonchev–Trinajstić information content (AvgIpc) is 3.02. The zero-order valence-corrected chi connectivity index (χ0v) is 15.6. The second-order valence-electron chi connectivity index (χ2n) is 5.24. The fraction of sp³-hybridized carbons (Fsp3) is 0.294. The highest BCUT2D eigenvalue weighted by molar-refractivity contribution is 7.99. The largest absolute Gasteiger partial charge is 0.486 e. The molecule has 0 spiro atoms. The number of rotatable bonds is 9. The lowest BCUT2D eigenvalue weighted by atomic mass is 10.3. The quantitative estimate of drug-likeness (QED) is 0.500. The zero-order valence-electron chi connectivity index (χ0n) is 14.8.